The van der Waals surface area contributed by atoms with E-state index in [1.165, 1.54) is 37.0 Å². The van der Waals surface area contributed by atoms with Crippen LogP contribution in [0.15, 0.2) is 30.5 Å². The lowest BCUT2D eigenvalue weighted by molar-refractivity contribution is 0.0213. The number of benzene rings is 1. The molecule has 0 spiro atoms. The molecule has 4 rings (SSSR count). The molecule has 1 saturated carbocycles. The van der Waals surface area contributed by atoms with Gasteiger partial charge in [0.15, 0.2) is 11.6 Å². The number of hydrogen-bond acceptors (Lipinski definition) is 12. The molecule has 55 heavy (non-hydrogen) atoms. The molecule has 0 unspecified atom stereocenters. The number of rotatable bonds is 9. The highest BCUT2D eigenvalue weighted by Gasteiger charge is 2.39. The second kappa shape index (κ2) is 15.9. The SMILES string of the molecule is COC(=O)c1ccc(F)cc1[C@@H](C)Oc1cc(-c2c(CN(C(=O)OC(C)(C)C)C3CC3)nn(C)c2C#N)cnc1N(C(=O)OC(C)(C)C)C(=O)OC(C)(C)C. The molecule has 1 aromatic carbocycles. The van der Waals surface area contributed by atoms with E-state index in [1.54, 1.807) is 74.3 Å². The van der Waals surface area contributed by atoms with Crippen molar-refractivity contribution in [1.29, 1.82) is 5.26 Å². The number of carbonyl (C=O) groups excluding carboxylic acids is 4. The van der Waals surface area contributed by atoms with E-state index in [0.717, 1.165) is 25.0 Å². The fourth-order valence-electron chi connectivity index (χ4n) is 5.44. The zero-order chi connectivity index (χ0) is 41.2. The number of aryl methyl sites for hydroxylation is 1. The van der Waals surface area contributed by atoms with Crippen LogP contribution < -0.4 is 9.64 Å². The minimum absolute atomic E-state index is 0.00169. The highest BCUT2D eigenvalue weighted by molar-refractivity contribution is 6.10. The van der Waals surface area contributed by atoms with Gasteiger partial charge in [-0.25, -0.2) is 28.6 Å². The standard InChI is InChI=1S/C39H49FN6O9/c1-22(27-18-24(40)13-16-26(27)33(47)51-12)52-30-17-23(20-42-32(30)46(35(49)54-38(5,6)7)36(50)55-39(8,9)10)31-28(43-44(11)29(31)19-41)21-45(25-14-15-25)34(48)53-37(2,3)4/h13,16-18,20,22,25H,14-15,21H2,1-12H3/t22-/m1/s1. The van der Waals surface area contributed by atoms with E-state index in [-0.39, 0.29) is 52.1 Å². The smallest absolute Gasteiger partial charge is 0.425 e. The second-order valence-corrected chi connectivity index (χ2v) is 16.1. The molecule has 3 aromatic rings. The van der Waals surface area contributed by atoms with Gasteiger partial charge in [0.1, 0.15) is 40.5 Å². The van der Waals surface area contributed by atoms with Crippen LogP contribution in [-0.4, -0.2) is 73.9 Å². The Balaban J connectivity index is 1.95. The number of halogens is 1. The van der Waals surface area contributed by atoms with Crippen molar-refractivity contribution < 1.29 is 47.3 Å². The Morgan fingerprint density at radius 2 is 1.51 bits per heavy atom. The molecule has 15 nitrogen and oxygen atoms in total. The molecule has 0 N–H and O–H groups in total. The summed E-state index contributed by atoms with van der Waals surface area (Å²) in [5, 5.41) is 14.9. The van der Waals surface area contributed by atoms with Crippen LogP contribution in [0.4, 0.5) is 24.6 Å². The number of methoxy groups -OCH3 is 1. The van der Waals surface area contributed by atoms with Crippen molar-refractivity contribution in [2.45, 2.75) is 118 Å². The molecule has 0 bridgehead atoms. The fraction of sp³-hybridized carbons (Fsp3) is 0.513. The Kier molecular flexibility index (Phi) is 12.2. The number of imide groups is 1. The van der Waals surface area contributed by atoms with Crippen LogP contribution in [0.3, 0.4) is 0 Å². The third kappa shape index (κ3) is 10.7. The van der Waals surface area contributed by atoms with E-state index in [1.807, 2.05) is 0 Å². The summed E-state index contributed by atoms with van der Waals surface area (Å²) >= 11 is 0. The van der Waals surface area contributed by atoms with E-state index in [4.69, 9.17) is 23.7 Å². The quantitative estimate of drug-likeness (QED) is 0.152. The zero-order valence-electron chi connectivity index (χ0n) is 33.4. The topological polar surface area (TPSA) is 175 Å². The van der Waals surface area contributed by atoms with Gasteiger partial charge in [-0.3, -0.25) is 9.58 Å². The first-order valence-electron chi connectivity index (χ1n) is 17.7. The Morgan fingerprint density at radius 3 is 2.02 bits per heavy atom. The van der Waals surface area contributed by atoms with E-state index in [2.05, 4.69) is 16.2 Å². The molecule has 2 aromatic heterocycles. The minimum Gasteiger partial charge on any atom is -0.482 e. The highest BCUT2D eigenvalue weighted by Crippen LogP contribution is 2.39. The van der Waals surface area contributed by atoms with Crippen molar-refractivity contribution >= 4 is 30.1 Å². The summed E-state index contributed by atoms with van der Waals surface area (Å²) in [6.45, 7) is 16.5. The Hall–Kier alpha value is -5.72. The molecule has 0 saturated heterocycles. The first-order chi connectivity index (χ1) is 25.4. The predicted octanol–water partition coefficient (Wildman–Crippen LogP) is 8.00. The number of aromatic nitrogens is 3. The van der Waals surface area contributed by atoms with Crippen LogP contribution in [0.1, 0.15) is 115 Å². The van der Waals surface area contributed by atoms with E-state index in [9.17, 15) is 28.8 Å². The van der Waals surface area contributed by atoms with Gasteiger partial charge in [0.25, 0.3) is 0 Å². The number of pyridine rings is 1. The number of nitrogens with zero attached hydrogens (tertiary/aromatic N) is 6. The van der Waals surface area contributed by atoms with Gasteiger partial charge in [-0.2, -0.15) is 15.3 Å². The molecule has 16 heteroatoms. The van der Waals surface area contributed by atoms with Gasteiger partial charge in [-0.1, -0.05) is 0 Å². The molecule has 296 valence electrons. The van der Waals surface area contributed by atoms with Gasteiger partial charge < -0.3 is 23.7 Å². The summed E-state index contributed by atoms with van der Waals surface area (Å²) in [6, 6.07) is 6.93. The Morgan fingerprint density at radius 1 is 0.945 bits per heavy atom. The van der Waals surface area contributed by atoms with Crippen molar-refractivity contribution in [2.24, 2.45) is 7.05 Å². The Bertz CT molecular complexity index is 1970. The van der Waals surface area contributed by atoms with Crippen LogP contribution >= 0.6 is 0 Å². The first kappa shape index (κ1) is 42.0. The molecule has 1 atom stereocenters. The van der Waals surface area contributed by atoms with Crippen LogP contribution in [0.2, 0.25) is 0 Å². The summed E-state index contributed by atoms with van der Waals surface area (Å²) < 4.78 is 44.2. The largest absolute Gasteiger partial charge is 0.482 e. The number of nitriles is 1. The van der Waals surface area contributed by atoms with Crippen molar-refractivity contribution in [3.8, 4) is 22.9 Å². The summed E-state index contributed by atoms with van der Waals surface area (Å²) in [5.41, 5.74) is -1.81. The van der Waals surface area contributed by atoms with Crippen molar-refractivity contribution in [3.05, 3.63) is 58.8 Å². The number of carbonyl (C=O) groups is 4. The maximum Gasteiger partial charge on any atom is 0.425 e. The molecule has 1 aliphatic carbocycles. The van der Waals surface area contributed by atoms with Crippen LogP contribution in [-0.2, 0) is 32.5 Å². The van der Waals surface area contributed by atoms with Crippen LogP contribution in [0.25, 0.3) is 11.1 Å². The van der Waals surface area contributed by atoms with Crippen LogP contribution in [0.5, 0.6) is 5.75 Å². The number of esters is 1. The van der Waals surface area contributed by atoms with Crippen molar-refractivity contribution in [1.82, 2.24) is 19.7 Å². The van der Waals surface area contributed by atoms with Crippen LogP contribution in [0, 0.1) is 17.1 Å². The van der Waals surface area contributed by atoms with Gasteiger partial charge in [0.05, 0.1) is 24.9 Å². The first-order valence-corrected chi connectivity index (χ1v) is 17.7. The van der Waals surface area contributed by atoms with Crippen molar-refractivity contribution in [3.63, 3.8) is 0 Å². The highest BCUT2D eigenvalue weighted by atomic mass is 19.1. The lowest BCUT2D eigenvalue weighted by Crippen LogP contribution is -2.44. The van der Waals surface area contributed by atoms with E-state index < -0.39 is 53.0 Å². The van der Waals surface area contributed by atoms with Gasteiger partial charge >= 0.3 is 24.2 Å². The molecule has 1 aliphatic rings. The summed E-state index contributed by atoms with van der Waals surface area (Å²) in [7, 11) is 2.75. The fourth-order valence-corrected chi connectivity index (χ4v) is 5.44. The van der Waals surface area contributed by atoms with Crippen molar-refractivity contribution in [2.75, 3.05) is 12.0 Å². The molecule has 3 amide bonds. The number of amides is 3. The molecule has 2 heterocycles. The summed E-state index contributed by atoms with van der Waals surface area (Å²) in [6.07, 6.45) is -1.11. The zero-order valence-corrected chi connectivity index (χ0v) is 33.4. The number of anilines is 1. The summed E-state index contributed by atoms with van der Waals surface area (Å²) in [5.74, 6) is -2.01. The third-order valence-electron chi connectivity index (χ3n) is 7.81. The third-order valence-corrected chi connectivity index (χ3v) is 7.81. The minimum atomic E-state index is -1.14. The van der Waals surface area contributed by atoms with Gasteiger partial charge in [-0.05, 0) is 106 Å². The molecule has 0 radical (unpaired) electrons. The van der Waals surface area contributed by atoms with Gasteiger partial charge in [0.2, 0.25) is 0 Å². The van der Waals surface area contributed by atoms with E-state index >= 15 is 0 Å². The lowest BCUT2D eigenvalue weighted by atomic mass is 10.0. The van der Waals surface area contributed by atoms with Gasteiger partial charge in [0, 0.05) is 36.0 Å². The number of ether oxygens (including phenoxy) is 5. The molecular weight excluding hydrogens is 715 g/mol. The Labute approximate surface area is 320 Å². The average molecular weight is 765 g/mol. The van der Waals surface area contributed by atoms with Gasteiger partial charge in [-0.15, -0.1) is 0 Å². The monoisotopic (exact) mass is 764 g/mol. The second-order valence-electron chi connectivity index (χ2n) is 16.1. The lowest BCUT2D eigenvalue weighted by Gasteiger charge is -2.29. The maximum absolute atomic E-state index is 14.6. The average Bonchev–Trinajstić information content (AvgIpc) is 3.83. The van der Waals surface area contributed by atoms with E-state index in [0.29, 0.717) is 10.6 Å². The number of hydrogen-bond donors (Lipinski definition) is 0. The molecule has 1 fully saturated rings. The normalized spacial score (nSPS) is 13.6. The predicted molar refractivity (Wildman–Crippen MR) is 198 cm³/mol. The summed E-state index contributed by atoms with van der Waals surface area (Å²) in [4.78, 5) is 60.3. The maximum atomic E-state index is 14.6. The molecule has 0 aliphatic heterocycles. The molecular formula is C39H49FN6O9.